The molecule has 4 N–H and O–H groups in total. The zero-order valence-corrected chi connectivity index (χ0v) is 16.7. The summed E-state index contributed by atoms with van der Waals surface area (Å²) in [5, 5.41) is 19.1. The standard InChI is InChI=1S/C20H26N4O3S/c1-12-19(24-17-7-6-13-4-2-3-5-16(13)17)22-11-23-20(12)27-15-8-14(10-26-28-21)18(25)9-15/h2-5,11,14-15,17-18,25H,6-10,21H2,1H3,(H,22,23,24)/t14-,15+,17-,18-/m0/s1. The van der Waals surface area contributed by atoms with E-state index in [1.165, 1.54) is 17.5 Å². The average Bonchev–Trinajstić information content (AvgIpc) is 3.26. The number of ether oxygens (including phenoxy) is 1. The third kappa shape index (κ3) is 4.10. The highest BCUT2D eigenvalue weighted by Crippen LogP contribution is 2.36. The number of anilines is 1. The lowest BCUT2D eigenvalue weighted by atomic mass is 10.1. The van der Waals surface area contributed by atoms with Crippen molar-refractivity contribution in [3.05, 3.63) is 47.3 Å². The Hall–Kier alpha value is -1.87. The molecule has 0 bridgehead atoms. The van der Waals surface area contributed by atoms with E-state index in [0.29, 0.717) is 25.3 Å². The van der Waals surface area contributed by atoms with Crippen LogP contribution in [0.5, 0.6) is 5.88 Å². The predicted molar refractivity (Wildman–Crippen MR) is 109 cm³/mol. The van der Waals surface area contributed by atoms with E-state index < -0.39 is 6.10 Å². The zero-order valence-electron chi connectivity index (χ0n) is 15.9. The topological polar surface area (TPSA) is 103 Å². The molecule has 0 saturated heterocycles. The van der Waals surface area contributed by atoms with Crippen LogP contribution in [0.25, 0.3) is 0 Å². The van der Waals surface area contributed by atoms with Gasteiger partial charge in [0, 0.05) is 12.3 Å². The molecular formula is C20H26N4O3S. The number of nitrogens with one attached hydrogen (secondary N) is 1. The number of rotatable bonds is 7. The molecule has 1 aromatic carbocycles. The molecule has 4 atom stereocenters. The van der Waals surface area contributed by atoms with Crippen LogP contribution in [0, 0.1) is 12.8 Å². The van der Waals surface area contributed by atoms with Crippen molar-refractivity contribution in [3.63, 3.8) is 0 Å². The van der Waals surface area contributed by atoms with E-state index in [0.717, 1.165) is 36.5 Å². The maximum atomic E-state index is 10.2. The number of hydrogen-bond acceptors (Lipinski definition) is 8. The van der Waals surface area contributed by atoms with Gasteiger partial charge in [0.05, 0.1) is 36.5 Å². The molecule has 1 heterocycles. The Balaban J connectivity index is 1.43. The van der Waals surface area contributed by atoms with Crippen molar-refractivity contribution in [1.29, 1.82) is 0 Å². The van der Waals surface area contributed by atoms with Gasteiger partial charge in [0.2, 0.25) is 5.88 Å². The van der Waals surface area contributed by atoms with E-state index >= 15 is 0 Å². The molecule has 0 unspecified atom stereocenters. The van der Waals surface area contributed by atoms with Gasteiger partial charge in [-0.2, -0.15) is 0 Å². The maximum absolute atomic E-state index is 10.2. The number of nitrogens with two attached hydrogens (primary N) is 1. The van der Waals surface area contributed by atoms with E-state index in [1.54, 1.807) is 0 Å². The van der Waals surface area contributed by atoms with E-state index in [-0.39, 0.29) is 18.1 Å². The summed E-state index contributed by atoms with van der Waals surface area (Å²) < 4.78 is 11.3. The van der Waals surface area contributed by atoms with Gasteiger partial charge in [-0.15, -0.1) is 0 Å². The molecule has 0 spiro atoms. The normalized spacial score (nSPS) is 26.2. The summed E-state index contributed by atoms with van der Waals surface area (Å²) in [4.78, 5) is 8.76. The van der Waals surface area contributed by atoms with Crippen molar-refractivity contribution in [2.45, 2.75) is 50.9 Å². The number of aryl methyl sites for hydroxylation is 1. The van der Waals surface area contributed by atoms with Crippen molar-refractivity contribution in [2.75, 3.05) is 11.9 Å². The van der Waals surface area contributed by atoms with Gasteiger partial charge in [-0.05, 0) is 37.3 Å². The Kier molecular flexibility index (Phi) is 6.01. The van der Waals surface area contributed by atoms with Crippen LogP contribution in [0.1, 0.15) is 42.0 Å². The summed E-state index contributed by atoms with van der Waals surface area (Å²) in [6, 6.07) is 8.78. The fourth-order valence-corrected chi connectivity index (χ4v) is 4.44. The van der Waals surface area contributed by atoms with Crippen LogP contribution >= 0.6 is 12.2 Å². The van der Waals surface area contributed by atoms with Gasteiger partial charge >= 0.3 is 0 Å². The van der Waals surface area contributed by atoms with E-state index in [1.807, 2.05) is 6.92 Å². The highest BCUT2D eigenvalue weighted by atomic mass is 32.2. The van der Waals surface area contributed by atoms with E-state index in [2.05, 4.69) is 39.6 Å². The van der Waals surface area contributed by atoms with Gasteiger partial charge in [-0.3, -0.25) is 5.14 Å². The Labute approximate surface area is 169 Å². The number of hydrogen-bond donors (Lipinski definition) is 3. The third-order valence-corrected chi connectivity index (χ3v) is 6.00. The van der Waals surface area contributed by atoms with Crippen molar-refractivity contribution in [2.24, 2.45) is 11.1 Å². The Bertz CT molecular complexity index is 822. The van der Waals surface area contributed by atoms with Crippen molar-refractivity contribution in [1.82, 2.24) is 9.97 Å². The van der Waals surface area contributed by atoms with Gasteiger partial charge in [0.15, 0.2) is 0 Å². The summed E-state index contributed by atoms with van der Waals surface area (Å²) in [6.45, 7) is 2.38. The SMILES string of the molecule is Cc1c(N[C@H]2CCc3ccccc32)ncnc1O[C@@H]1C[C@@H](COSN)[C@@H](O)C1. The minimum atomic E-state index is -0.452. The largest absolute Gasteiger partial charge is 0.474 e. The third-order valence-electron chi connectivity index (χ3n) is 5.72. The second-order valence-electron chi connectivity index (χ2n) is 7.51. The fraction of sp³-hybridized carbons (Fsp3) is 0.500. The number of aliphatic hydroxyl groups excluding tert-OH is 1. The average molecular weight is 403 g/mol. The molecule has 150 valence electrons. The molecule has 2 aliphatic rings. The fourth-order valence-electron chi connectivity index (χ4n) is 4.18. The molecule has 2 aromatic rings. The van der Waals surface area contributed by atoms with Gasteiger partial charge in [-0.25, -0.2) is 9.97 Å². The molecule has 7 nitrogen and oxygen atoms in total. The molecule has 4 rings (SSSR count). The summed E-state index contributed by atoms with van der Waals surface area (Å²) in [5.74, 6) is 1.39. The Morgan fingerprint density at radius 2 is 2.14 bits per heavy atom. The van der Waals surface area contributed by atoms with Crippen LogP contribution in [-0.4, -0.2) is 33.9 Å². The van der Waals surface area contributed by atoms with E-state index in [9.17, 15) is 5.11 Å². The highest BCUT2D eigenvalue weighted by molar-refractivity contribution is 7.92. The smallest absolute Gasteiger partial charge is 0.221 e. The monoisotopic (exact) mass is 402 g/mol. The molecule has 28 heavy (non-hydrogen) atoms. The Morgan fingerprint density at radius 1 is 1.29 bits per heavy atom. The van der Waals surface area contributed by atoms with Crippen LogP contribution in [0.3, 0.4) is 0 Å². The number of aliphatic hydroxyl groups is 1. The molecule has 0 aliphatic heterocycles. The minimum absolute atomic E-state index is 0.0239. The second-order valence-corrected chi connectivity index (χ2v) is 7.93. The molecule has 8 heteroatoms. The quantitative estimate of drug-likeness (QED) is 0.480. The van der Waals surface area contributed by atoms with Crippen molar-refractivity contribution in [3.8, 4) is 5.88 Å². The van der Waals surface area contributed by atoms with Gasteiger partial charge in [-0.1, -0.05) is 24.3 Å². The molecule has 1 aromatic heterocycles. The summed E-state index contributed by atoms with van der Waals surface area (Å²) >= 11 is 0.829. The minimum Gasteiger partial charge on any atom is -0.474 e. The lowest BCUT2D eigenvalue weighted by molar-refractivity contribution is 0.102. The van der Waals surface area contributed by atoms with Gasteiger partial charge in [0.1, 0.15) is 18.2 Å². The van der Waals surface area contributed by atoms with Crippen LogP contribution in [-0.2, 0) is 10.6 Å². The number of nitrogens with zero attached hydrogens (tertiary/aromatic N) is 2. The van der Waals surface area contributed by atoms with Crippen LogP contribution in [0.15, 0.2) is 30.6 Å². The number of fused-ring (bicyclic) bond motifs is 1. The lowest BCUT2D eigenvalue weighted by Gasteiger charge is -2.19. The van der Waals surface area contributed by atoms with Crippen molar-refractivity contribution >= 4 is 18.0 Å². The van der Waals surface area contributed by atoms with E-state index in [4.69, 9.17) is 14.1 Å². The zero-order chi connectivity index (χ0) is 19.5. The first-order valence-corrected chi connectivity index (χ1v) is 10.4. The first kappa shape index (κ1) is 19.4. The molecule has 2 aliphatic carbocycles. The highest BCUT2D eigenvalue weighted by Gasteiger charge is 2.35. The summed E-state index contributed by atoms with van der Waals surface area (Å²) in [6.07, 6.45) is 4.38. The molecular weight excluding hydrogens is 376 g/mol. The number of benzene rings is 1. The van der Waals surface area contributed by atoms with Crippen LogP contribution in [0.4, 0.5) is 5.82 Å². The molecule has 0 radical (unpaired) electrons. The first-order chi connectivity index (χ1) is 13.7. The second kappa shape index (κ2) is 8.65. The lowest BCUT2D eigenvalue weighted by Crippen LogP contribution is -2.17. The predicted octanol–water partition coefficient (Wildman–Crippen LogP) is 2.94. The first-order valence-electron chi connectivity index (χ1n) is 9.64. The molecule has 1 fully saturated rings. The molecule has 1 saturated carbocycles. The van der Waals surface area contributed by atoms with Crippen LogP contribution < -0.4 is 15.2 Å². The van der Waals surface area contributed by atoms with Crippen molar-refractivity contribution < 1.29 is 14.0 Å². The summed E-state index contributed by atoms with van der Waals surface area (Å²) in [7, 11) is 0. The Morgan fingerprint density at radius 3 is 3.00 bits per heavy atom. The van der Waals surface area contributed by atoms with Gasteiger partial charge in [0.25, 0.3) is 0 Å². The van der Waals surface area contributed by atoms with Crippen LogP contribution in [0.2, 0.25) is 0 Å². The maximum Gasteiger partial charge on any atom is 0.221 e. The molecule has 0 amide bonds. The number of aromatic nitrogens is 2. The summed E-state index contributed by atoms with van der Waals surface area (Å²) in [5.41, 5.74) is 3.62. The van der Waals surface area contributed by atoms with Gasteiger partial charge < -0.3 is 19.3 Å².